The summed E-state index contributed by atoms with van der Waals surface area (Å²) in [6.07, 6.45) is 9.33. The predicted octanol–water partition coefficient (Wildman–Crippen LogP) is 3.06. The van der Waals surface area contributed by atoms with Gasteiger partial charge in [0.25, 0.3) is 10.2 Å². The summed E-state index contributed by atoms with van der Waals surface area (Å²) in [7, 11) is -3.36. The normalized spacial score (nSPS) is 24.7. The van der Waals surface area contributed by atoms with Crippen molar-refractivity contribution in [2.45, 2.75) is 51.9 Å². The van der Waals surface area contributed by atoms with Crippen LogP contribution in [0.4, 0.5) is 5.82 Å². The van der Waals surface area contributed by atoms with E-state index in [9.17, 15) is 8.42 Å². The number of aryl methyl sites for hydroxylation is 1. The second-order valence-corrected chi connectivity index (χ2v) is 11.9. The first kappa shape index (κ1) is 20.6. The first-order valence-corrected chi connectivity index (χ1v) is 13.5. The zero-order valence-electron chi connectivity index (χ0n) is 17.7. The molecule has 5 rings (SSSR count). The van der Waals surface area contributed by atoms with E-state index in [4.69, 9.17) is 0 Å². The number of piperazine rings is 1. The van der Waals surface area contributed by atoms with Crippen molar-refractivity contribution in [3.8, 4) is 0 Å². The lowest BCUT2D eigenvalue weighted by molar-refractivity contribution is 0.327. The molecule has 0 N–H and O–H groups in total. The third-order valence-corrected chi connectivity index (χ3v) is 10.0. The van der Waals surface area contributed by atoms with Gasteiger partial charge in [0.15, 0.2) is 0 Å². The maximum atomic E-state index is 13.1. The highest BCUT2D eigenvalue weighted by Gasteiger charge is 2.34. The van der Waals surface area contributed by atoms with E-state index < -0.39 is 10.2 Å². The molecule has 9 heteroatoms. The minimum absolute atomic E-state index is 0.522. The Morgan fingerprint density at radius 3 is 2.40 bits per heavy atom. The number of hydrogen-bond acceptors (Lipinski definition) is 6. The summed E-state index contributed by atoms with van der Waals surface area (Å²) in [4.78, 5) is 14.0. The van der Waals surface area contributed by atoms with E-state index in [-0.39, 0.29) is 0 Å². The van der Waals surface area contributed by atoms with Crippen LogP contribution < -0.4 is 4.90 Å². The van der Waals surface area contributed by atoms with E-state index in [1.54, 1.807) is 14.9 Å². The van der Waals surface area contributed by atoms with Crippen molar-refractivity contribution in [3.63, 3.8) is 0 Å². The van der Waals surface area contributed by atoms with Gasteiger partial charge < -0.3 is 4.90 Å². The number of hydrogen-bond donors (Lipinski definition) is 0. The summed E-state index contributed by atoms with van der Waals surface area (Å²) in [5.74, 6) is 1.73. The van der Waals surface area contributed by atoms with Crippen molar-refractivity contribution in [3.05, 3.63) is 16.8 Å². The maximum absolute atomic E-state index is 13.1. The van der Waals surface area contributed by atoms with Gasteiger partial charge in [-0.25, -0.2) is 9.97 Å². The van der Waals surface area contributed by atoms with E-state index in [0.717, 1.165) is 55.1 Å². The molecule has 1 atom stereocenters. The van der Waals surface area contributed by atoms with Gasteiger partial charge in [0.1, 0.15) is 17.0 Å². The third kappa shape index (κ3) is 3.74. The average Bonchev–Trinajstić information content (AvgIpc) is 2.91. The molecule has 4 heterocycles. The van der Waals surface area contributed by atoms with Gasteiger partial charge in [-0.05, 0) is 43.6 Å². The van der Waals surface area contributed by atoms with Crippen LogP contribution in [-0.2, 0) is 23.1 Å². The highest BCUT2D eigenvalue weighted by atomic mass is 32.2. The van der Waals surface area contributed by atoms with Crippen LogP contribution in [0.1, 0.15) is 49.5 Å². The summed E-state index contributed by atoms with van der Waals surface area (Å²) < 4.78 is 29.7. The van der Waals surface area contributed by atoms with Crippen LogP contribution in [0, 0.1) is 5.92 Å². The molecule has 0 aromatic carbocycles. The Hall–Kier alpha value is -1.29. The highest BCUT2D eigenvalue weighted by Crippen LogP contribution is 2.40. The zero-order valence-corrected chi connectivity index (χ0v) is 19.3. The number of nitrogens with zero attached hydrogens (tertiary/aromatic N) is 5. The van der Waals surface area contributed by atoms with Crippen LogP contribution in [0.5, 0.6) is 0 Å². The number of thiophene rings is 1. The Morgan fingerprint density at radius 1 is 0.967 bits per heavy atom. The molecule has 3 aliphatic rings. The molecule has 30 heavy (non-hydrogen) atoms. The smallest absolute Gasteiger partial charge is 0.282 e. The summed E-state index contributed by atoms with van der Waals surface area (Å²) in [5.41, 5.74) is 1.43. The molecule has 0 radical (unpaired) electrons. The van der Waals surface area contributed by atoms with Crippen LogP contribution in [-0.4, -0.2) is 66.3 Å². The fraction of sp³-hybridized carbons (Fsp3) is 0.714. The Kier molecular flexibility index (Phi) is 5.72. The second kappa shape index (κ2) is 8.33. The van der Waals surface area contributed by atoms with E-state index in [0.29, 0.717) is 39.3 Å². The number of rotatable bonds is 3. The van der Waals surface area contributed by atoms with Gasteiger partial charge in [-0.3, -0.25) is 0 Å². The first-order chi connectivity index (χ1) is 14.5. The number of fused-ring (bicyclic) bond motifs is 3. The average molecular weight is 450 g/mol. The third-order valence-electron chi connectivity index (χ3n) is 6.83. The minimum atomic E-state index is -3.36. The molecular weight excluding hydrogens is 418 g/mol. The molecule has 2 fully saturated rings. The molecule has 2 saturated heterocycles. The first-order valence-electron chi connectivity index (χ1n) is 11.3. The largest absolute Gasteiger partial charge is 0.353 e. The molecule has 1 unspecified atom stereocenters. The van der Waals surface area contributed by atoms with Gasteiger partial charge in [0.2, 0.25) is 0 Å². The Balaban J connectivity index is 1.35. The molecule has 7 nitrogen and oxygen atoms in total. The topological polar surface area (TPSA) is 69.6 Å². The van der Waals surface area contributed by atoms with E-state index in [1.807, 2.05) is 11.3 Å². The SMILES string of the molecule is CC1CCc2c(sc3ncnc(N4CCN(S(=O)(=O)N5CCCCCC5)CC4)c23)C1. The molecule has 2 aromatic rings. The van der Waals surface area contributed by atoms with E-state index in [1.165, 1.54) is 22.2 Å². The maximum Gasteiger partial charge on any atom is 0.282 e. The van der Waals surface area contributed by atoms with Crippen LogP contribution >= 0.6 is 11.3 Å². The molecule has 164 valence electrons. The van der Waals surface area contributed by atoms with Gasteiger partial charge in [-0.1, -0.05) is 19.8 Å². The van der Waals surface area contributed by atoms with Crippen LogP contribution in [0.2, 0.25) is 0 Å². The molecular formula is C21H31N5O2S2. The van der Waals surface area contributed by atoms with Gasteiger partial charge >= 0.3 is 0 Å². The molecule has 0 saturated carbocycles. The minimum Gasteiger partial charge on any atom is -0.353 e. The van der Waals surface area contributed by atoms with Gasteiger partial charge in [-0.15, -0.1) is 11.3 Å². The van der Waals surface area contributed by atoms with Gasteiger partial charge in [-0.2, -0.15) is 17.0 Å². The van der Waals surface area contributed by atoms with Crippen molar-refractivity contribution in [2.24, 2.45) is 5.92 Å². The quantitative estimate of drug-likeness (QED) is 0.720. The summed E-state index contributed by atoms with van der Waals surface area (Å²) in [6, 6.07) is 0. The standard InChI is InChI=1S/C21H31N5O2S2/c1-16-6-7-17-18(14-16)29-21-19(17)20(22-15-23-21)24-10-12-26(13-11-24)30(27,28)25-8-4-2-3-5-9-25/h15-16H,2-14H2,1H3. The highest BCUT2D eigenvalue weighted by molar-refractivity contribution is 7.86. The van der Waals surface area contributed by atoms with Crippen molar-refractivity contribution >= 4 is 37.6 Å². The lowest BCUT2D eigenvalue weighted by Gasteiger charge is -2.37. The van der Waals surface area contributed by atoms with Gasteiger partial charge in [0, 0.05) is 44.1 Å². The Labute approximate surface area is 183 Å². The van der Waals surface area contributed by atoms with E-state index in [2.05, 4.69) is 21.8 Å². The van der Waals surface area contributed by atoms with Crippen LogP contribution in [0.15, 0.2) is 6.33 Å². The molecule has 0 amide bonds. The van der Waals surface area contributed by atoms with Crippen molar-refractivity contribution < 1.29 is 8.42 Å². The second-order valence-electron chi connectivity index (χ2n) is 8.94. The lowest BCUT2D eigenvalue weighted by Crippen LogP contribution is -2.53. The summed E-state index contributed by atoms with van der Waals surface area (Å²) in [6.45, 7) is 6.05. The van der Waals surface area contributed by atoms with Crippen molar-refractivity contribution in [1.29, 1.82) is 0 Å². The monoisotopic (exact) mass is 449 g/mol. The van der Waals surface area contributed by atoms with E-state index >= 15 is 0 Å². The van der Waals surface area contributed by atoms with Crippen LogP contribution in [0.3, 0.4) is 0 Å². The lowest BCUT2D eigenvalue weighted by atomic mass is 9.89. The molecule has 0 spiro atoms. The molecule has 0 bridgehead atoms. The number of aromatic nitrogens is 2. The predicted molar refractivity (Wildman–Crippen MR) is 121 cm³/mol. The van der Waals surface area contributed by atoms with Crippen LogP contribution in [0.25, 0.3) is 10.2 Å². The fourth-order valence-corrected chi connectivity index (χ4v) is 8.08. The van der Waals surface area contributed by atoms with Crippen molar-refractivity contribution in [2.75, 3.05) is 44.2 Å². The number of anilines is 1. The Morgan fingerprint density at radius 2 is 1.67 bits per heavy atom. The van der Waals surface area contributed by atoms with Crippen molar-refractivity contribution in [1.82, 2.24) is 18.6 Å². The molecule has 2 aromatic heterocycles. The fourth-order valence-electron chi connectivity index (χ4n) is 5.06. The Bertz CT molecular complexity index is 1010. The molecule has 2 aliphatic heterocycles. The summed E-state index contributed by atoms with van der Waals surface area (Å²) >= 11 is 1.82. The van der Waals surface area contributed by atoms with Gasteiger partial charge in [0.05, 0.1) is 5.39 Å². The zero-order chi connectivity index (χ0) is 20.7. The molecule has 1 aliphatic carbocycles. The summed E-state index contributed by atoms with van der Waals surface area (Å²) in [5, 5.41) is 1.22.